The van der Waals surface area contributed by atoms with Crippen LogP contribution < -0.4 is 9.47 Å². The number of halogens is 2. The van der Waals surface area contributed by atoms with Gasteiger partial charge in [-0.15, -0.1) is 0 Å². The highest BCUT2D eigenvalue weighted by Gasteiger charge is 2.58. The van der Waals surface area contributed by atoms with E-state index in [2.05, 4.69) is 37.0 Å². The van der Waals surface area contributed by atoms with Crippen molar-refractivity contribution in [2.24, 2.45) is 11.8 Å². The van der Waals surface area contributed by atoms with Gasteiger partial charge in [-0.2, -0.15) is 0 Å². The number of imidazole rings is 2. The molecule has 12 heteroatoms. The summed E-state index contributed by atoms with van der Waals surface area (Å²) in [5.74, 6) is 1.68. The summed E-state index contributed by atoms with van der Waals surface area (Å²) >= 11 is 12.6. The highest BCUT2D eigenvalue weighted by Crippen LogP contribution is 2.62. The van der Waals surface area contributed by atoms with Crippen LogP contribution in [0.2, 0.25) is 10.0 Å². The second kappa shape index (κ2) is 10.5. The molecule has 5 aromatic rings. The Labute approximate surface area is 269 Å². The minimum absolute atomic E-state index is 0.138. The molecular weight excluding hydrogens is 615 g/mol. The van der Waals surface area contributed by atoms with Gasteiger partial charge in [-0.3, -0.25) is 9.88 Å². The molecule has 0 bridgehead atoms. The number of pyridine rings is 1. The van der Waals surface area contributed by atoms with Crippen LogP contribution in [0, 0.1) is 11.8 Å². The van der Waals surface area contributed by atoms with E-state index in [9.17, 15) is 9.90 Å². The van der Waals surface area contributed by atoms with Gasteiger partial charge in [0.2, 0.25) is 0 Å². The third kappa shape index (κ3) is 4.74. The number of hydrogen-bond donors (Lipinski definition) is 1. The standard InChI is InChI=1S/C33H30Cl2N6O4/c1-3-40-17-36-12-20(40)13-41-25-10-18(32(42)43)9-24(35)30(25)38-28(41)16-39-14-22-23(15-39)29(22)21-5-4-6-26-31(21)45-33(2,44-26)27-8-7-19(34)11-37-27/h4-12,17,22-23,29H,3,13-16H2,1-2H3,(H,42,43)/t22-,23+,29?,33-/m1/s1. The molecule has 2 aliphatic heterocycles. The first-order chi connectivity index (χ1) is 21.7. The summed E-state index contributed by atoms with van der Waals surface area (Å²) < 4.78 is 16.9. The Kier molecular flexibility index (Phi) is 6.60. The highest BCUT2D eigenvalue weighted by molar-refractivity contribution is 6.35. The predicted octanol–water partition coefficient (Wildman–Crippen LogP) is 6.19. The minimum atomic E-state index is -1.02. The van der Waals surface area contributed by atoms with E-state index in [4.69, 9.17) is 37.7 Å². The topological polar surface area (TPSA) is 108 Å². The Hall–Kier alpha value is -4.12. The van der Waals surface area contributed by atoms with Gasteiger partial charge in [0, 0.05) is 44.5 Å². The van der Waals surface area contributed by atoms with Gasteiger partial charge < -0.3 is 23.7 Å². The third-order valence-electron chi connectivity index (χ3n) is 9.39. The molecule has 8 rings (SSSR count). The minimum Gasteiger partial charge on any atom is -0.478 e. The van der Waals surface area contributed by atoms with Crippen molar-refractivity contribution in [1.29, 1.82) is 0 Å². The number of para-hydroxylation sites is 1. The molecule has 3 aromatic heterocycles. The lowest BCUT2D eigenvalue weighted by atomic mass is 10.0. The SMILES string of the molecule is CCn1cncc1Cn1c(CN2C[C@@H]3C(c4cccc5c4O[C@](C)(c4ccc(Cl)cn4)O5)[C@@H]3C2)nc2c(Cl)cc(C(=O)O)cc21. The van der Waals surface area contributed by atoms with E-state index in [1.54, 1.807) is 18.3 Å². The van der Waals surface area contributed by atoms with Gasteiger partial charge in [0.05, 0.1) is 46.2 Å². The maximum atomic E-state index is 11.9. The molecule has 0 spiro atoms. The average molecular weight is 646 g/mol. The fraction of sp³-hybridized carbons (Fsp3) is 0.333. The number of piperidine rings is 1. The molecule has 1 N–H and O–H groups in total. The number of ether oxygens (including phenoxy) is 2. The molecule has 1 unspecified atom stereocenters. The Morgan fingerprint density at radius 1 is 1.09 bits per heavy atom. The van der Waals surface area contributed by atoms with Crippen molar-refractivity contribution in [3.63, 3.8) is 0 Å². The lowest BCUT2D eigenvalue weighted by Gasteiger charge is -2.23. The summed E-state index contributed by atoms with van der Waals surface area (Å²) in [5, 5.41) is 10.6. The quantitative estimate of drug-likeness (QED) is 0.213. The van der Waals surface area contributed by atoms with E-state index in [-0.39, 0.29) is 5.56 Å². The first-order valence-corrected chi connectivity index (χ1v) is 15.7. The van der Waals surface area contributed by atoms with Crippen LogP contribution in [-0.4, -0.2) is 53.2 Å². The smallest absolute Gasteiger partial charge is 0.335 e. The Morgan fingerprint density at radius 3 is 2.64 bits per heavy atom. The fourth-order valence-corrected chi connectivity index (χ4v) is 7.51. The molecule has 3 aliphatic rings. The molecule has 10 nitrogen and oxygen atoms in total. The number of carboxylic acid groups (broad SMARTS) is 1. The van der Waals surface area contributed by atoms with Gasteiger partial charge in [-0.1, -0.05) is 35.3 Å². The number of likely N-dealkylation sites (tertiary alicyclic amines) is 1. The lowest BCUT2D eigenvalue weighted by Crippen LogP contribution is -2.32. The van der Waals surface area contributed by atoms with Gasteiger partial charge in [0.25, 0.3) is 5.79 Å². The number of aromatic carboxylic acids is 1. The summed E-state index contributed by atoms with van der Waals surface area (Å²) in [4.78, 5) is 28.0. The van der Waals surface area contributed by atoms with Crippen molar-refractivity contribution < 1.29 is 19.4 Å². The normalized spacial score (nSPS) is 23.5. The summed E-state index contributed by atoms with van der Waals surface area (Å²) in [6, 6.07) is 12.9. The van der Waals surface area contributed by atoms with Crippen LogP contribution in [0.25, 0.3) is 11.0 Å². The first kappa shape index (κ1) is 28.4. The molecule has 230 valence electrons. The molecule has 0 radical (unpaired) electrons. The Balaban J connectivity index is 1.04. The Morgan fingerprint density at radius 2 is 1.91 bits per heavy atom. The number of hydrogen-bond acceptors (Lipinski definition) is 7. The predicted molar refractivity (Wildman–Crippen MR) is 168 cm³/mol. The summed E-state index contributed by atoms with van der Waals surface area (Å²) in [7, 11) is 0. The van der Waals surface area contributed by atoms with Gasteiger partial charge in [-0.25, -0.2) is 14.8 Å². The van der Waals surface area contributed by atoms with Crippen LogP contribution in [0.5, 0.6) is 11.5 Å². The van der Waals surface area contributed by atoms with Gasteiger partial charge in [-0.05, 0) is 55.0 Å². The number of benzene rings is 2. The number of carboxylic acids is 1. The molecule has 45 heavy (non-hydrogen) atoms. The van der Waals surface area contributed by atoms with E-state index >= 15 is 0 Å². The van der Waals surface area contributed by atoms with E-state index in [1.807, 2.05) is 37.6 Å². The van der Waals surface area contributed by atoms with Gasteiger partial charge >= 0.3 is 5.97 Å². The zero-order valence-corrected chi connectivity index (χ0v) is 26.2. The maximum Gasteiger partial charge on any atom is 0.335 e. The molecule has 2 fully saturated rings. The maximum absolute atomic E-state index is 11.9. The number of nitrogens with zero attached hydrogens (tertiary/aromatic N) is 6. The van der Waals surface area contributed by atoms with Crippen molar-refractivity contribution in [3.8, 4) is 11.5 Å². The molecule has 1 saturated carbocycles. The second-order valence-electron chi connectivity index (χ2n) is 12.1. The van der Waals surface area contributed by atoms with E-state index < -0.39 is 11.8 Å². The number of aryl methyl sites for hydroxylation is 1. The van der Waals surface area contributed by atoms with Crippen LogP contribution >= 0.6 is 23.2 Å². The van der Waals surface area contributed by atoms with Gasteiger partial charge in [0.1, 0.15) is 17.0 Å². The van der Waals surface area contributed by atoms with Crippen LogP contribution in [0.1, 0.15) is 52.9 Å². The number of aromatic nitrogens is 5. The van der Waals surface area contributed by atoms with Crippen molar-refractivity contribution in [2.75, 3.05) is 13.1 Å². The van der Waals surface area contributed by atoms with E-state index in [0.29, 0.717) is 57.6 Å². The highest BCUT2D eigenvalue weighted by atomic mass is 35.5. The molecule has 5 heterocycles. The van der Waals surface area contributed by atoms with Crippen LogP contribution in [-0.2, 0) is 25.4 Å². The van der Waals surface area contributed by atoms with Crippen LogP contribution in [0.15, 0.2) is 61.2 Å². The average Bonchev–Trinajstić information content (AvgIpc) is 3.51. The fourth-order valence-electron chi connectivity index (χ4n) is 7.14. The monoisotopic (exact) mass is 644 g/mol. The summed E-state index contributed by atoms with van der Waals surface area (Å²) in [6.45, 7) is 7.70. The zero-order chi connectivity index (χ0) is 31.0. The summed E-state index contributed by atoms with van der Waals surface area (Å²) in [5.41, 5.74) is 4.30. The van der Waals surface area contributed by atoms with Crippen LogP contribution in [0.3, 0.4) is 0 Å². The van der Waals surface area contributed by atoms with Crippen molar-refractivity contribution in [2.45, 2.75) is 45.2 Å². The zero-order valence-electron chi connectivity index (χ0n) is 24.7. The van der Waals surface area contributed by atoms with Crippen molar-refractivity contribution in [1.82, 2.24) is 29.0 Å². The second-order valence-corrected chi connectivity index (χ2v) is 13.0. The molecule has 1 saturated heterocycles. The molecule has 2 aromatic carbocycles. The van der Waals surface area contributed by atoms with Crippen molar-refractivity contribution in [3.05, 3.63) is 99.6 Å². The lowest BCUT2D eigenvalue weighted by molar-refractivity contribution is -0.0721. The molecule has 0 amide bonds. The van der Waals surface area contributed by atoms with Crippen LogP contribution in [0.4, 0.5) is 0 Å². The molecular formula is C33H30Cl2N6O4. The molecule has 4 atom stereocenters. The van der Waals surface area contributed by atoms with Gasteiger partial charge in [0.15, 0.2) is 11.5 Å². The first-order valence-electron chi connectivity index (χ1n) is 15.0. The Bertz CT molecular complexity index is 1960. The largest absolute Gasteiger partial charge is 0.478 e. The number of carbonyl (C=O) groups is 1. The number of fused-ring (bicyclic) bond motifs is 3. The van der Waals surface area contributed by atoms with Crippen molar-refractivity contribution >= 4 is 40.2 Å². The molecule has 1 aliphatic carbocycles. The summed E-state index contributed by atoms with van der Waals surface area (Å²) in [6.07, 6.45) is 5.25. The third-order valence-corrected chi connectivity index (χ3v) is 9.90. The number of rotatable bonds is 8. The van der Waals surface area contributed by atoms with E-state index in [0.717, 1.165) is 42.7 Å². The van der Waals surface area contributed by atoms with E-state index in [1.165, 1.54) is 11.6 Å².